The van der Waals surface area contributed by atoms with Crippen LogP contribution < -0.4 is 5.32 Å². The van der Waals surface area contributed by atoms with E-state index in [1.807, 2.05) is 13.8 Å². The maximum Gasteiger partial charge on any atom is 0.226 e. The summed E-state index contributed by atoms with van der Waals surface area (Å²) in [6.45, 7) is 3.70. The van der Waals surface area contributed by atoms with Crippen molar-refractivity contribution in [3.05, 3.63) is 30.3 Å². The van der Waals surface area contributed by atoms with E-state index in [0.29, 0.717) is 5.69 Å². The fourth-order valence-corrected chi connectivity index (χ4v) is 0.702. The van der Waals surface area contributed by atoms with Crippen molar-refractivity contribution in [3.63, 3.8) is 0 Å². The van der Waals surface area contributed by atoms with Crippen molar-refractivity contribution in [2.75, 3.05) is 5.32 Å². The summed E-state index contributed by atoms with van der Waals surface area (Å²) < 4.78 is 0. The molecule has 0 aliphatic rings. The number of amides is 1. The van der Waals surface area contributed by atoms with E-state index in [0.717, 1.165) is 0 Å². The summed E-state index contributed by atoms with van der Waals surface area (Å²) in [6.07, 6.45) is 0. The summed E-state index contributed by atoms with van der Waals surface area (Å²) in [6, 6.07) is 10.9. The van der Waals surface area contributed by atoms with Crippen LogP contribution in [0.3, 0.4) is 0 Å². The minimum Gasteiger partial charge on any atom is -0.325 e. The summed E-state index contributed by atoms with van der Waals surface area (Å²) >= 11 is 0. The lowest BCUT2D eigenvalue weighted by Gasteiger charge is -2.05. The summed E-state index contributed by atoms with van der Waals surface area (Å²) in [5.41, 5.74) is 0.677. The maximum absolute atomic E-state index is 11.2. The highest BCUT2D eigenvalue weighted by molar-refractivity contribution is 5.91. The summed E-state index contributed by atoms with van der Waals surface area (Å²) in [7, 11) is 0. The van der Waals surface area contributed by atoms with Gasteiger partial charge in [0.05, 0.1) is 0 Å². The Balaban J connectivity index is 2.59. The molecule has 0 heterocycles. The van der Waals surface area contributed by atoms with Crippen LogP contribution in [0.4, 0.5) is 5.69 Å². The van der Waals surface area contributed by atoms with Crippen LogP contribution in [0, 0.1) is 18.1 Å². The standard InChI is InChI=1S/C10H11NO/c1-8(2)10(12)11-9-6-4-3-5-7-9/h3-4,7-8H,1-2H3,(H,11,12). The molecule has 1 rings (SSSR count). The molecule has 0 spiro atoms. The Kier molecular flexibility index (Phi) is 2.86. The number of hydrogen-bond donors (Lipinski definition) is 1. The normalized spacial score (nSPS) is 9.92. The average Bonchev–Trinajstić information content (AvgIpc) is 2.06. The molecule has 1 aromatic rings. The zero-order valence-corrected chi connectivity index (χ0v) is 7.22. The number of anilines is 1. The van der Waals surface area contributed by atoms with E-state index in [9.17, 15) is 4.79 Å². The average molecular weight is 161 g/mol. The molecule has 0 saturated carbocycles. The second-order valence-electron chi connectivity index (χ2n) is 2.85. The summed E-state index contributed by atoms with van der Waals surface area (Å²) in [5.74, 6) is 0.00413. The van der Waals surface area contributed by atoms with Gasteiger partial charge in [0, 0.05) is 17.7 Å². The molecule has 0 fully saturated rings. The van der Waals surface area contributed by atoms with Crippen molar-refractivity contribution in [3.8, 4) is 0 Å². The van der Waals surface area contributed by atoms with Crippen LogP contribution in [0.25, 0.3) is 0 Å². The fraction of sp³-hybridized carbons (Fsp3) is 0.300. The Bertz CT molecular complexity index is 254. The zero-order chi connectivity index (χ0) is 8.97. The number of carbonyl (C=O) groups excluding carboxylic acids is 1. The van der Waals surface area contributed by atoms with Gasteiger partial charge in [0.1, 0.15) is 0 Å². The summed E-state index contributed by atoms with van der Waals surface area (Å²) in [5, 5.41) is 2.72. The van der Waals surface area contributed by atoms with Gasteiger partial charge in [0.15, 0.2) is 0 Å². The maximum atomic E-state index is 11.2. The van der Waals surface area contributed by atoms with E-state index in [-0.39, 0.29) is 11.8 Å². The highest BCUT2D eigenvalue weighted by Crippen LogP contribution is 2.05. The van der Waals surface area contributed by atoms with Gasteiger partial charge in [0.2, 0.25) is 5.91 Å². The second kappa shape index (κ2) is 3.90. The van der Waals surface area contributed by atoms with E-state index in [2.05, 4.69) is 17.4 Å². The number of rotatable bonds is 2. The summed E-state index contributed by atoms with van der Waals surface area (Å²) in [4.78, 5) is 11.2. The molecule has 0 aliphatic heterocycles. The van der Waals surface area contributed by atoms with Crippen LogP contribution in [0.2, 0.25) is 0 Å². The van der Waals surface area contributed by atoms with Crippen molar-refractivity contribution in [2.24, 2.45) is 5.92 Å². The van der Waals surface area contributed by atoms with Gasteiger partial charge in [-0.25, -0.2) is 0 Å². The predicted molar refractivity (Wildman–Crippen MR) is 47.6 cm³/mol. The van der Waals surface area contributed by atoms with Gasteiger partial charge in [-0.15, -0.1) is 0 Å². The Hall–Kier alpha value is -1.31. The first-order valence-corrected chi connectivity index (χ1v) is 3.89. The largest absolute Gasteiger partial charge is 0.325 e. The lowest BCUT2D eigenvalue weighted by atomic mass is 10.2. The first-order chi connectivity index (χ1) is 5.70. The fourth-order valence-electron chi connectivity index (χ4n) is 0.702. The molecule has 0 bridgehead atoms. The molecular weight excluding hydrogens is 150 g/mol. The molecule has 2 heteroatoms. The van der Waals surface area contributed by atoms with Crippen LogP contribution in [-0.4, -0.2) is 5.91 Å². The van der Waals surface area contributed by atoms with Crippen molar-refractivity contribution in [1.82, 2.24) is 0 Å². The topological polar surface area (TPSA) is 29.1 Å². The number of carbonyl (C=O) groups is 1. The van der Waals surface area contributed by atoms with Gasteiger partial charge in [-0.1, -0.05) is 26.0 Å². The molecule has 1 N–H and O–H groups in total. The molecule has 1 amide bonds. The number of nitrogens with one attached hydrogen (secondary N) is 1. The number of benzene rings is 1. The van der Waals surface area contributed by atoms with Crippen LogP contribution in [0.15, 0.2) is 18.2 Å². The van der Waals surface area contributed by atoms with E-state index < -0.39 is 0 Å². The van der Waals surface area contributed by atoms with Crippen LogP contribution in [0.1, 0.15) is 13.8 Å². The highest BCUT2D eigenvalue weighted by atomic mass is 16.1. The Morgan fingerprint density at radius 2 is 2.25 bits per heavy atom. The Morgan fingerprint density at radius 3 is 2.75 bits per heavy atom. The Labute approximate surface area is 72.6 Å². The van der Waals surface area contributed by atoms with Gasteiger partial charge in [-0.05, 0) is 12.1 Å². The lowest BCUT2D eigenvalue weighted by molar-refractivity contribution is -0.118. The Morgan fingerprint density at radius 1 is 1.50 bits per heavy atom. The van der Waals surface area contributed by atoms with E-state index in [4.69, 9.17) is 0 Å². The molecule has 62 valence electrons. The van der Waals surface area contributed by atoms with Gasteiger partial charge < -0.3 is 5.32 Å². The molecular formula is C10H11NO. The lowest BCUT2D eigenvalue weighted by Crippen LogP contribution is -2.17. The third kappa shape index (κ3) is 2.38. The van der Waals surface area contributed by atoms with Crippen molar-refractivity contribution < 1.29 is 4.79 Å². The molecule has 0 saturated heterocycles. The molecule has 0 aliphatic carbocycles. The second-order valence-corrected chi connectivity index (χ2v) is 2.85. The third-order valence-electron chi connectivity index (χ3n) is 1.43. The van der Waals surface area contributed by atoms with Crippen LogP contribution >= 0.6 is 0 Å². The van der Waals surface area contributed by atoms with Gasteiger partial charge >= 0.3 is 0 Å². The van der Waals surface area contributed by atoms with E-state index >= 15 is 0 Å². The molecule has 0 unspecified atom stereocenters. The zero-order valence-electron chi connectivity index (χ0n) is 7.22. The van der Waals surface area contributed by atoms with Crippen LogP contribution in [-0.2, 0) is 4.79 Å². The first-order valence-electron chi connectivity index (χ1n) is 3.89. The third-order valence-corrected chi connectivity index (χ3v) is 1.43. The quantitative estimate of drug-likeness (QED) is 0.705. The predicted octanol–water partition coefficient (Wildman–Crippen LogP) is 1.88. The monoisotopic (exact) mass is 161 g/mol. The minimum atomic E-state index is -0.00129. The smallest absolute Gasteiger partial charge is 0.226 e. The SMILES string of the molecule is CC(C)C(=O)Nc1[c]cc[c]c1. The van der Waals surface area contributed by atoms with E-state index in [1.54, 1.807) is 18.2 Å². The molecule has 2 radical (unpaired) electrons. The molecule has 2 nitrogen and oxygen atoms in total. The van der Waals surface area contributed by atoms with E-state index in [1.165, 1.54) is 0 Å². The number of hydrogen-bond acceptors (Lipinski definition) is 1. The highest BCUT2D eigenvalue weighted by Gasteiger charge is 2.05. The van der Waals surface area contributed by atoms with Crippen molar-refractivity contribution in [2.45, 2.75) is 13.8 Å². The molecule has 12 heavy (non-hydrogen) atoms. The van der Waals surface area contributed by atoms with Crippen molar-refractivity contribution in [1.29, 1.82) is 0 Å². The van der Waals surface area contributed by atoms with Crippen LogP contribution in [0.5, 0.6) is 0 Å². The van der Waals surface area contributed by atoms with Crippen molar-refractivity contribution >= 4 is 11.6 Å². The molecule has 1 aromatic carbocycles. The first kappa shape index (κ1) is 8.78. The minimum absolute atomic E-state index is 0.00129. The van der Waals surface area contributed by atoms with Gasteiger partial charge in [-0.2, -0.15) is 0 Å². The van der Waals surface area contributed by atoms with Gasteiger partial charge in [0.25, 0.3) is 0 Å². The molecule has 0 aromatic heterocycles. The van der Waals surface area contributed by atoms with Gasteiger partial charge in [-0.3, -0.25) is 4.79 Å². The molecule has 0 atom stereocenters.